The molecule has 0 aliphatic carbocycles. The predicted octanol–water partition coefficient (Wildman–Crippen LogP) is 2.07. The Hall–Kier alpha value is -0.850. The van der Waals surface area contributed by atoms with Crippen molar-refractivity contribution in [3.8, 4) is 0 Å². The Kier molecular flexibility index (Phi) is 6.23. The molecule has 0 spiro atoms. The number of nitrogens with one attached hydrogen (secondary N) is 1. The minimum Gasteiger partial charge on any atom is -0.349 e. The van der Waals surface area contributed by atoms with Crippen molar-refractivity contribution in [2.75, 3.05) is 0 Å². The summed E-state index contributed by atoms with van der Waals surface area (Å²) in [5.74, 6) is 0.354. The van der Waals surface area contributed by atoms with Gasteiger partial charge in [-0.3, -0.25) is 0 Å². The summed E-state index contributed by atoms with van der Waals surface area (Å²) in [6.45, 7) is 9.11. The molecule has 6 heteroatoms. The van der Waals surface area contributed by atoms with Crippen LogP contribution in [0, 0.1) is 5.92 Å². The molecule has 0 aliphatic heterocycles. The minimum atomic E-state index is -3.47. The van der Waals surface area contributed by atoms with Crippen LogP contribution in [-0.2, 0) is 23.1 Å². The summed E-state index contributed by atoms with van der Waals surface area (Å²) >= 11 is 0. The zero-order valence-electron chi connectivity index (χ0n) is 12.9. The molecule has 1 aromatic rings. The van der Waals surface area contributed by atoms with Gasteiger partial charge in [-0.25, -0.2) is 13.1 Å². The van der Waals surface area contributed by atoms with Crippen LogP contribution in [0.1, 0.15) is 46.2 Å². The van der Waals surface area contributed by atoms with Crippen molar-refractivity contribution in [3.05, 3.63) is 18.0 Å². The largest absolute Gasteiger partial charge is 0.349 e. The molecule has 0 amide bonds. The highest BCUT2D eigenvalue weighted by atomic mass is 32.2. The fourth-order valence-corrected chi connectivity index (χ4v) is 3.92. The molecule has 20 heavy (non-hydrogen) atoms. The number of aryl methyl sites for hydroxylation is 1. The van der Waals surface area contributed by atoms with E-state index in [4.69, 9.17) is 5.73 Å². The van der Waals surface area contributed by atoms with E-state index >= 15 is 0 Å². The van der Waals surface area contributed by atoms with Gasteiger partial charge in [-0.2, -0.15) is 0 Å². The van der Waals surface area contributed by atoms with E-state index in [1.54, 1.807) is 12.3 Å². The highest BCUT2D eigenvalue weighted by molar-refractivity contribution is 7.89. The smallest absolute Gasteiger partial charge is 0.242 e. The van der Waals surface area contributed by atoms with Gasteiger partial charge in [0, 0.05) is 31.0 Å². The second-order valence-corrected chi connectivity index (χ2v) is 6.86. The zero-order chi connectivity index (χ0) is 15.3. The zero-order valence-corrected chi connectivity index (χ0v) is 13.7. The average molecular weight is 301 g/mol. The lowest BCUT2D eigenvalue weighted by Gasteiger charge is -2.22. The summed E-state index contributed by atoms with van der Waals surface area (Å²) < 4.78 is 29.5. The normalized spacial score (nSPS) is 13.9. The Bertz CT molecular complexity index is 497. The Morgan fingerprint density at radius 3 is 2.30 bits per heavy atom. The molecule has 0 saturated heterocycles. The Morgan fingerprint density at radius 2 is 1.90 bits per heavy atom. The maximum atomic E-state index is 12.4. The van der Waals surface area contributed by atoms with Gasteiger partial charge in [0.05, 0.1) is 4.90 Å². The maximum Gasteiger partial charge on any atom is 0.242 e. The molecule has 1 unspecified atom stereocenters. The van der Waals surface area contributed by atoms with Gasteiger partial charge in [0.25, 0.3) is 0 Å². The summed E-state index contributed by atoms with van der Waals surface area (Å²) in [5.41, 5.74) is 6.48. The van der Waals surface area contributed by atoms with Gasteiger partial charge in [0.15, 0.2) is 0 Å². The van der Waals surface area contributed by atoms with E-state index < -0.39 is 10.0 Å². The molecule has 1 aromatic heterocycles. The topological polar surface area (TPSA) is 77.1 Å². The molecule has 3 N–H and O–H groups in total. The second-order valence-electron chi connectivity index (χ2n) is 5.14. The first-order valence-electron chi connectivity index (χ1n) is 7.30. The Labute approximate surface area is 122 Å². The lowest BCUT2D eigenvalue weighted by molar-refractivity contribution is 0.390. The molecule has 0 saturated carbocycles. The lowest BCUT2D eigenvalue weighted by Crippen LogP contribution is -2.37. The average Bonchev–Trinajstić information content (AvgIpc) is 2.83. The molecule has 1 heterocycles. The number of nitrogens with two attached hydrogens (primary N) is 1. The molecule has 0 radical (unpaired) electrons. The van der Waals surface area contributed by atoms with Crippen molar-refractivity contribution in [1.82, 2.24) is 9.29 Å². The third-order valence-corrected chi connectivity index (χ3v) is 5.44. The predicted molar refractivity (Wildman–Crippen MR) is 81.9 cm³/mol. The maximum absolute atomic E-state index is 12.4. The standard InChI is InChI=1S/C14H27N3O2S/c1-5-12(6-2)11(4)16-20(18,19)14-8-13(9-15)17(7-3)10-14/h8,10-12,16H,5-7,9,15H2,1-4H3. The monoisotopic (exact) mass is 301 g/mol. The quantitative estimate of drug-likeness (QED) is 0.771. The third kappa shape index (κ3) is 3.84. The minimum absolute atomic E-state index is 0.0682. The highest BCUT2D eigenvalue weighted by Crippen LogP contribution is 2.18. The molecule has 1 atom stereocenters. The van der Waals surface area contributed by atoms with E-state index in [9.17, 15) is 8.42 Å². The molecular weight excluding hydrogens is 274 g/mol. The first kappa shape index (κ1) is 17.2. The number of hydrogen-bond donors (Lipinski definition) is 2. The van der Waals surface area contributed by atoms with E-state index in [0.717, 1.165) is 18.5 Å². The van der Waals surface area contributed by atoms with Crippen LogP contribution in [0.2, 0.25) is 0 Å². The highest BCUT2D eigenvalue weighted by Gasteiger charge is 2.23. The molecular formula is C14H27N3O2S. The summed E-state index contributed by atoms with van der Waals surface area (Å²) in [6, 6.07) is 1.59. The van der Waals surface area contributed by atoms with E-state index in [1.165, 1.54) is 0 Å². The Morgan fingerprint density at radius 1 is 1.30 bits per heavy atom. The number of nitrogens with zero attached hydrogens (tertiary/aromatic N) is 1. The molecule has 5 nitrogen and oxygen atoms in total. The number of rotatable bonds is 8. The second kappa shape index (κ2) is 7.24. The van der Waals surface area contributed by atoms with Crippen molar-refractivity contribution in [3.63, 3.8) is 0 Å². The van der Waals surface area contributed by atoms with Crippen LogP contribution in [0.5, 0.6) is 0 Å². The molecule has 116 valence electrons. The SMILES string of the molecule is CCC(CC)C(C)NS(=O)(=O)c1cc(CN)n(CC)c1. The fourth-order valence-electron chi connectivity index (χ4n) is 2.54. The van der Waals surface area contributed by atoms with Crippen molar-refractivity contribution in [2.45, 2.75) is 64.6 Å². The third-order valence-electron chi connectivity index (χ3n) is 3.92. The van der Waals surface area contributed by atoms with Crippen molar-refractivity contribution in [1.29, 1.82) is 0 Å². The van der Waals surface area contributed by atoms with Crippen LogP contribution in [0.15, 0.2) is 17.2 Å². The van der Waals surface area contributed by atoms with Crippen LogP contribution < -0.4 is 10.5 Å². The van der Waals surface area contributed by atoms with E-state index in [-0.39, 0.29) is 6.04 Å². The van der Waals surface area contributed by atoms with Gasteiger partial charge >= 0.3 is 0 Å². The number of sulfonamides is 1. The number of hydrogen-bond acceptors (Lipinski definition) is 3. The van der Waals surface area contributed by atoms with Crippen molar-refractivity contribution >= 4 is 10.0 Å². The first-order chi connectivity index (χ1) is 9.39. The molecule has 0 fully saturated rings. The summed E-state index contributed by atoms with van der Waals surface area (Å²) in [6.07, 6.45) is 3.58. The van der Waals surface area contributed by atoms with Gasteiger partial charge in [-0.15, -0.1) is 0 Å². The van der Waals surface area contributed by atoms with Gasteiger partial charge in [0.2, 0.25) is 10.0 Å². The van der Waals surface area contributed by atoms with Crippen molar-refractivity contribution < 1.29 is 8.42 Å². The Balaban J connectivity index is 2.96. The van der Waals surface area contributed by atoms with E-state index in [2.05, 4.69) is 18.6 Å². The molecule has 0 bridgehead atoms. The summed E-state index contributed by atoms with van der Waals surface area (Å²) in [5, 5.41) is 0. The van der Waals surface area contributed by atoms with E-state index in [0.29, 0.717) is 23.9 Å². The van der Waals surface area contributed by atoms with Gasteiger partial charge < -0.3 is 10.3 Å². The summed E-state index contributed by atoms with van der Waals surface area (Å²) in [4.78, 5) is 0.303. The fraction of sp³-hybridized carbons (Fsp3) is 0.714. The van der Waals surface area contributed by atoms with Crippen molar-refractivity contribution in [2.24, 2.45) is 11.7 Å². The first-order valence-corrected chi connectivity index (χ1v) is 8.79. The van der Waals surface area contributed by atoms with Crippen LogP contribution >= 0.6 is 0 Å². The number of aromatic nitrogens is 1. The van der Waals surface area contributed by atoms with E-state index in [1.807, 2.05) is 18.4 Å². The van der Waals surface area contributed by atoms with Gasteiger partial charge in [-0.05, 0) is 25.8 Å². The molecule has 0 aromatic carbocycles. The van der Waals surface area contributed by atoms with Crippen LogP contribution in [0.25, 0.3) is 0 Å². The van der Waals surface area contributed by atoms with Gasteiger partial charge in [-0.1, -0.05) is 26.7 Å². The van der Waals surface area contributed by atoms with Crippen LogP contribution in [0.3, 0.4) is 0 Å². The lowest BCUT2D eigenvalue weighted by atomic mass is 9.96. The van der Waals surface area contributed by atoms with Crippen LogP contribution in [-0.4, -0.2) is 19.0 Å². The summed E-state index contributed by atoms with van der Waals surface area (Å²) in [7, 11) is -3.47. The van der Waals surface area contributed by atoms with Gasteiger partial charge in [0.1, 0.15) is 0 Å². The molecule has 1 rings (SSSR count). The molecule has 0 aliphatic rings. The van der Waals surface area contributed by atoms with Crippen LogP contribution in [0.4, 0.5) is 0 Å².